The van der Waals surface area contributed by atoms with Gasteiger partial charge in [0.15, 0.2) is 0 Å². The average molecular weight is 515 g/mol. The van der Waals surface area contributed by atoms with Crippen LogP contribution in [0.1, 0.15) is 51.4 Å². The third kappa shape index (κ3) is 9.54. The molecule has 1 aliphatic heterocycles. The van der Waals surface area contributed by atoms with Crippen LogP contribution in [0, 0.1) is 0 Å². The lowest BCUT2D eigenvalue weighted by Gasteiger charge is -2.35. The van der Waals surface area contributed by atoms with Crippen molar-refractivity contribution in [2.75, 3.05) is 80.0 Å². The van der Waals surface area contributed by atoms with Gasteiger partial charge in [0.2, 0.25) is 11.8 Å². The molecule has 0 N–H and O–H groups in total. The molecule has 0 spiro atoms. The van der Waals surface area contributed by atoms with Gasteiger partial charge in [0, 0.05) is 40.4 Å². The summed E-state index contributed by atoms with van der Waals surface area (Å²) in [6, 6.07) is 0. The standard InChI is InChI=1S/C26H46N2O8/c1-31-19-25(29)27-11-15-33-21-7-3-5-9-23(21)35-17-13-28(26(30)20-32-2)14-18-36-24-10-6-4-8-22(24)34-16-12-27/h21-24H,3-20H2,1-2H3. The second kappa shape index (κ2) is 16.5. The first-order chi connectivity index (χ1) is 17.6. The van der Waals surface area contributed by atoms with Crippen LogP contribution in [-0.2, 0) is 38.0 Å². The van der Waals surface area contributed by atoms with E-state index in [2.05, 4.69) is 0 Å². The van der Waals surface area contributed by atoms with Crippen molar-refractivity contribution in [3.63, 3.8) is 0 Å². The Morgan fingerprint density at radius 2 is 0.861 bits per heavy atom. The summed E-state index contributed by atoms with van der Waals surface area (Å²) in [7, 11) is 3.07. The van der Waals surface area contributed by atoms with Crippen LogP contribution in [0.5, 0.6) is 0 Å². The molecule has 3 rings (SSSR count). The fraction of sp³-hybridized carbons (Fsp3) is 0.923. The first-order valence-electron chi connectivity index (χ1n) is 13.6. The molecule has 10 nitrogen and oxygen atoms in total. The number of amides is 2. The third-order valence-electron chi connectivity index (χ3n) is 7.30. The van der Waals surface area contributed by atoms with Crippen LogP contribution < -0.4 is 0 Å². The molecule has 0 radical (unpaired) electrons. The molecule has 0 aromatic carbocycles. The van der Waals surface area contributed by atoms with Crippen LogP contribution in [0.15, 0.2) is 0 Å². The highest BCUT2D eigenvalue weighted by molar-refractivity contribution is 5.77. The minimum Gasteiger partial charge on any atom is -0.375 e. The van der Waals surface area contributed by atoms with Crippen molar-refractivity contribution < 1.29 is 38.0 Å². The third-order valence-corrected chi connectivity index (χ3v) is 7.30. The van der Waals surface area contributed by atoms with Crippen molar-refractivity contribution in [1.29, 1.82) is 0 Å². The smallest absolute Gasteiger partial charge is 0.248 e. The van der Waals surface area contributed by atoms with E-state index in [1.54, 1.807) is 9.80 Å². The molecule has 0 aromatic rings. The first-order valence-corrected chi connectivity index (χ1v) is 13.6. The zero-order chi connectivity index (χ0) is 25.6. The van der Waals surface area contributed by atoms with Gasteiger partial charge in [-0.05, 0) is 25.7 Å². The highest BCUT2D eigenvalue weighted by atomic mass is 16.5. The van der Waals surface area contributed by atoms with Crippen molar-refractivity contribution in [3.05, 3.63) is 0 Å². The van der Waals surface area contributed by atoms with Crippen LogP contribution >= 0.6 is 0 Å². The van der Waals surface area contributed by atoms with Gasteiger partial charge in [-0.2, -0.15) is 0 Å². The molecule has 4 unspecified atom stereocenters. The van der Waals surface area contributed by atoms with Crippen molar-refractivity contribution in [3.8, 4) is 0 Å². The Morgan fingerprint density at radius 1 is 0.583 bits per heavy atom. The van der Waals surface area contributed by atoms with Gasteiger partial charge in [0.05, 0.1) is 50.8 Å². The summed E-state index contributed by atoms with van der Waals surface area (Å²) in [5.74, 6) is -0.124. The number of hydrogen-bond acceptors (Lipinski definition) is 8. The van der Waals surface area contributed by atoms with Crippen molar-refractivity contribution in [2.24, 2.45) is 0 Å². The van der Waals surface area contributed by atoms with Gasteiger partial charge < -0.3 is 38.2 Å². The van der Waals surface area contributed by atoms with Crippen LogP contribution in [0.2, 0.25) is 0 Å². The highest BCUT2D eigenvalue weighted by Gasteiger charge is 2.29. The van der Waals surface area contributed by atoms with E-state index in [0.717, 1.165) is 51.4 Å². The first kappa shape index (κ1) is 29.3. The maximum Gasteiger partial charge on any atom is 0.248 e. The minimum absolute atomic E-state index is 0.0114. The number of carbonyl (C=O) groups excluding carboxylic acids is 2. The number of fused-ring (bicyclic) bond motifs is 2. The van der Waals surface area contributed by atoms with Crippen LogP contribution in [-0.4, -0.2) is 126 Å². The summed E-state index contributed by atoms with van der Waals surface area (Å²) < 4.78 is 35.1. The second-order valence-electron chi connectivity index (χ2n) is 9.83. The summed E-state index contributed by atoms with van der Waals surface area (Å²) in [6.07, 6.45) is 8.09. The number of nitrogens with zero attached hydrogens (tertiary/aromatic N) is 2. The monoisotopic (exact) mass is 514 g/mol. The Labute approximate surface area is 215 Å². The predicted octanol–water partition coefficient (Wildman–Crippen LogP) is 1.64. The Bertz CT molecular complexity index is 561. The molecule has 208 valence electrons. The zero-order valence-corrected chi connectivity index (χ0v) is 22.2. The van der Waals surface area contributed by atoms with Gasteiger partial charge in [-0.3, -0.25) is 9.59 Å². The van der Waals surface area contributed by atoms with Crippen molar-refractivity contribution in [1.82, 2.24) is 9.80 Å². The molecule has 2 aliphatic carbocycles. The Kier molecular flexibility index (Phi) is 13.4. The lowest BCUT2D eigenvalue weighted by molar-refractivity contribution is -0.145. The van der Waals surface area contributed by atoms with E-state index in [-0.39, 0.29) is 49.4 Å². The Hall–Kier alpha value is -1.30. The van der Waals surface area contributed by atoms with Gasteiger partial charge >= 0.3 is 0 Å². The summed E-state index contributed by atoms with van der Waals surface area (Å²) in [6.45, 7) is 3.78. The van der Waals surface area contributed by atoms with Crippen LogP contribution in [0.4, 0.5) is 0 Å². The van der Waals surface area contributed by atoms with E-state index in [1.165, 1.54) is 14.2 Å². The maximum absolute atomic E-state index is 12.6. The van der Waals surface area contributed by atoms with Crippen LogP contribution in [0.3, 0.4) is 0 Å². The molecular formula is C26H46N2O8. The Balaban J connectivity index is 1.67. The number of hydrogen-bond donors (Lipinski definition) is 0. The molecular weight excluding hydrogens is 468 g/mol. The summed E-state index contributed by atoms with van der Waals surface area (Å²) >= 11 is 0. The average Bonchev–Trinajstić information content (AvgIpc) is 2.88. The minimum atomic E-state index is -0.0622. The van der Waals surface area contributed by atoms with Crippen molar-refractivity contribution in [2.45, 2.75) is 75.8 Å². The molecule has 0 bridgehead atoms. The SMILES string of the molecule is COCC(=O)N1CCOC2CCCCC2OCCN(C(=O)COC)CCOC2CCCCC2OCC1. The normalized spacial score (nSPS) is 29.9. The highest BCUT2D eigenvalue weighted by Crippen LogP contribution is 2.25. The molecule has 2 saturated carbocycles. The number of carbonyl (C=O) groups is 2. The predicted molar refractivity (Wildman–Crippen MR) is 133 cm³/mol. The number of ether oxygens (including phenoxy) is 6. The van der Waals surface area contributed by atoms with E-state index in [4.69, 9.17) is 28.4 Å². The molecule has 0 aromatic heterocycles. The molecule has 2 amide bonds. The molecule has 36 heavy (non-hydrogen) atoms. The summed E-state index contributed by atoms with van der Waals surface area (Å²) in [4.78, 5) is 28.8. The summed E-state index contributed by atoms with van der Waals surface area (Å²) in [5.41, 5.74) is 0. The van der Waals surface area contributed by atoms with Gasteiger partial charge in [-0.15, -0.1) is 0 Å². The summed E-state index contributed by atoms with van der Waals surface area (Å²) in [5, 5.41) is 0. The van der Waals surface area contributed by atoms with E-state index >= 15 is 0 Å². The molecule has 3 aliphatic rings. The second-order valence-corrected chi connectivity index (χ2v) is 9.83. The fourth-order valence-corrected chi connectivity index (χ4v) is 5.30. The van der Waals surface area contributed by atoms with Gasteiger partial charge in [0.1, 0.15) is 13.2 Å². The molecule has 3 fully saturated rings. The molecule has 1 saturated heterocycles. The molecule has 10 heteroatoms. The number of methoxy groups -OCH3 is 2. The quantitative estimate of drug-likeness (QED) is 0.559. The van der Waals surface area contributed by atoms with Crippen molar-refractivity contribution >= 4 is 11.8 Å². The van der Waals surface area contributed by atoms with Gasteiger partial charge in [0.25, 0.3) is 0 Å². The molecule has 1 heterocycles. The van der Waals surface area contributed by atoms with E-state index in [9.17, 15) is 9.59 Å². The van der Waals surface area contributed by atoms with Gasteiger partial charge in [-0.25, -0.2) is 0 Å². The van der Waals surface area contributed by atoms with E-state index < -0.39 is 0 Å². The maximum atomic E-state index is 12.6. The lowest BCUT2D eigenvalue weighted by Crippen LogP contribution is -2.44. The van der Waals surface area contributed by atoms with Gasteiger partial charge in [-0.1, -0.05) is 25.7 Å². The zero-order valence-electron chi connectivity index (χ0n) is 22.2. The topological polar surface area (TPSA) is 96.0 Å². The van der Waals surface area contributed by atoms with E-state index in [1.807, 2.05) is 0 Å². The van der Waals surface area contributed by atoms with Crippen LogP contribution in [0.25, 0.3) is 0 Å². The largest absolute Gasteiger partial charge is 0.375 e. The van der Waals surface area contributed by atoms with E-state index in [0.29, 0.717) is 52.6 Å². The lowest BCUT2D eigenvalue weighted by atomic mass is 9.94. The molecule has 4 atom stereocenters. The number of rotatable bonds is 4. The Morgan fingerprint density at radius 3 is 1.11 bits per heavy atom. The fourth-order valence-electron chi connectivity index (χ4n) is 5.30.